The SMILES string of the molecule is COc1cccc(C(=O)N2c3ccccc3OCC2C)c1. The first-order valence-electron chi connectivity index (χ1n) is 6.90. The third kappa shape index (κ3) is 2.44. The minimum Gasteiger partial charge on any atom is -0.497 e. The number of fused-ring (bicyclic) bond motifs is 1. The number of hydrogen-bond donors (Lipinski definition) is 0. The van der Waals surface area contributed by atoms with Crippen LogP contribution >= 0.6 is 0 Å². The van der Waals surface area contributed by atoms with Gasteiger partial charge in [0, 0.05) is 5.56 Å². The Balaban J connectivity index is 2.00. The second-order valence-electron chi connectivity index (χ2n) is 5.03. The summed E-state index contributed by atoms with van der Waals surface area (Å²) in [4.78, 5) is 14.6. The number of anilines is 1. The summed E-state index contributed by atoms with van der Waals surface area (Å²) in [7, 11) is 1.59. The van der Waals surface area contributed by atoms with Gasteiger partial charge >= 0.3 is 0 Å². The molecule has 0 fully saturated rings. The van der Waals surface area contributed by atoms with Crippen molar-refractivity contribution in [2.45, 2.75) is 13.0 Å². The van der Waals surface area contributed by atoms with E-state index in [0.29, 0.717) is 17.9 Å². The number of ether oxygens (including phenoxy) is 2. The van der Waals surface area contributed by atoms with Gasteiger partial charge in [-0.15, -0.1) is 0 Å². The van der Waals surface area contributed by atoms with Crippen LogP contribution in [0.25, 0.3) is 0 Å². The molecule has 3 rings (SSSR count). The lowest BCUT2D eigenvalue weighted by molar-refractivity contribution is 0.0960. The fourth-order valence-corrected chi connectivity index (χ4v) is 2.51. The zero-order chi connectivity index (χ0) is 14.8. The Morgan fingerprint density at radius 1 is 1.24 bits per heavy atom. The number of hydrogen-bond acceptors (Lipinski definition) is 3. The summed E-state index contributed by atoms with van der Waals surface area (Å²) in [5.41, 5.74) is 1.42. The maximum absolute atomic E-state index is 12.9. The molecule has 4 nitrogen and oxygen atoms in total. The minimum absolute atomic E-state index is 0.0152. The molecule has 2 aromatic rings. The van der Waals surface area contributed by atoms with Crippen LogP contribution < -0.4 is 14.4 Å². The Morgan fingerprint density at radius 3 is 2.86 bits per heavy atom. The molecule has 1 unspecified atom stereocenters. The van der Waals surface area contributed by atoms with Gasteiger partial charge in [0.05, 0.1) is 18.8 Å². The maximum Gasteiger partial charge on any atom is 0.258 e. The van der Waals surface area contributed by atoms with Gasteiger partial charge in [-0.25, -0.2) is 0 Å². The minimum atomic E-state index is -0.0443. The Labute approximate surface area is 123 Å². The first kappa shape index (κ1) is 13.5. The van der Waals surface area contributed by atoms with E-state index >= 15 is 0 Å². The predicted molar refractivity (Wildman–Crippen MR) is 81.2 cm³/mol. The van der Waals surface area contributed by atoms with E-state index in [9.17, 15) is 4.79 Å². The normalized spacial score (nSPS) is 16.9. The third-order valence-corrected chi connectivity index (χ3v) is 3.58. The Morgan fingerprint density at radius 2 is 2.05 bits per heavy atom. The molecule has 0 radical (unpaired) electrons. The number of methoxy groups -OCH3 is 1. The number of para-hydroxylation sites is 2. The highest BCUT2D eigenvalue weighted by Crippen LogP contribution is 2.34. The Bertz CT molecular complexity index is 669. The van der Waals surface area contributed by atoms with E-state index in [1.165, 1.54) is 0 Å². The topological polar surface area (TPSA) is 38.8 Å². The Hall–Kier alpha value is -2.49. The molecule has 0 saturated carbocycles. The molecule has 0 N–H and O–H groups in total. The number of carbonyl (C=O) groups is 1. The number of rotatable bonds is 2. The molecule has 1 amide bonds. The van der Waals surface area contributed by atoms with Gasteiger partial charge in [-0.3, -0.25) is 9.69 Å². The van der Waals surface area contributed by atoms with Crippen molar-refractivity contribution < 1.29 is 14.3 Å². The first-order chi connectivity index (χ1) is 10.2. The molecular weight excluding hydrogens is 266 g/mol. The summed E-state index contributed by atoms with van der Waals surface area (Å²) in [6, 6.07) is 14.8. The van der Waals surface area contributed by atoms with Crippen LogP contribution in [-0.2, 0) is 0 Å². The highest BCUT2D eigenvalue weighted by molar-refractivity contribution is 6.07. The highest BCUT2D eigenvalue weighted by atomic mass is 16.5. The molecule has 1 heterocycles. The molecule has 0 saturated heterocycles. The largest absolute Gasteiger partial charge is 0.497 e. The van der Waals surface area contributed by atoms with Crippen LogP contribution in [-0.4, -0.2) is 25.7 Å². The molecule has 0 aliphatic carbocycles. The van der Waals surface area contributed by atoms with Crippen LogP contribution in [0.15, 0.2) is 48.5 Å². The van der Waals surface area contributed by atoms with Gasteiger partial charge in [-0.1, -0.05) is 18.2 Å². The average molecular weight is 283 g/mol. The van der Waals surface area contributed by atoms with Crippen molar-refractivity contribution in [1.29, 1.82) is 0 Å². The van der Waals surface area contributed by atoms with Crippen molar-refractivity contribution in [1.82, 2.24) is 0 Å². The second-order valence-corrected chi connectivity index (χ2v) is 5.03. The van der Waals surface area contributed by atoms with Crippen molar-refractivity contribution >= 4 is 11.6 Å². The van der Waals surface area contributed by atoms with Gasteiger partial charge in [-0.2, -0.15) is 0 Å². The van der Waals surface area contributed by atoms with Crippen LogP contribution in [0.4, 0.5) is 5.69 Å². The lowest BCUT2D eigenvalue weighted by atomic mass is 10.1. The molecule has 1 atom stereocenters. The van der Waals surface area contributed by atoms with Crippen LogP contribution in [0.3, 0.4) is 0 Å². The van der Waals surface area contributed by atoms with E-state index in [1.807, 2.05) is 43.3 Å². The number of carbonyl (C=O) groups excluding carboxylic acids is 1. The molecule has 0 spiro atoms. The van der Waals surface area contributed by atoms with E-state index in [2.05, 4.69) is 0 Å². The number of amides is 1. The molecule has 108 valence electrons. The molecule has 1 aliphatic heterocycles. The van der Waals surface area contributed by atoms with Crippen LogP contribution in [0, 0.1) is 0 Å². The zero-order valence-electron chi connectivity index (χ0n) is 12.1. The van der Waals surface area contributed by atoms with Crippen LogP contribution in [0.2, 0.25) is 0 Å². The molecule has 0 bridgehead atoms. The van der Waals surface area contributed by atoms with Gasteiger partial charge in [0.25, 0.3) is 5.91 Å². The molecular formula is C17H17NO3. The molecule has 2 aromatic carbocycles. The summed E-state index contributed by atoms with van der Waals surface area (Å²) in [6.45, 7) is 2.47. The average Bonchev–Trinajstić information content (AvgIpc) is 2.54. The van der Waals surface area contributed by atoms with Crippen molar-refractivity contribution in [3.8, 4) is 11.5 Å². The summed E-state index contributed by atoms with van der Waals surface area (Å²) in [6.07, 6.45) is 0. The summed E-state index contributed by atoms with van der Waals surface area (Å²) < 4.78 is 10.9. The van der Waals surface area contributed by atoms with Gasteiger partial charge in [0.2, 0.25) is 0 Å². The van der Waals surface area contributed by atoms with E-state index in [0.717, 1.165) is 11.4 Å². The van der Waals surface area contributed by atoms with E-state index < -0.39 is 0 Å². The van der Waals surface area contributed by atoms with E-state index in [1.54, 1.807) is 24.1 Å². The summed E-state index contributed by atoms with van der Waals surface area (Å²) >= 11 is 0. The van der Waals surface area contributed by atoms with Crippen molar-refractivity contribution in [2.24, 2.45) is 0 Å². The lowest BCUT2D eigenvalue weighted by Gasteiger charge is -2.35. The predicted octanol–water partition coefficient (Wildman–Crippen LogP) is 3.12. The van der Waals surface area contributed by atoms with Gasteiger partial charge in [0.15, 0.2) is 0 Å². The monoisotopic (exact) mass is 283 g/mol. The van der Waals surface area contributed by atoms with Gasteiger partial charge in [0.1, 0.15) is 18.1 Å². The molecule has 0 aromatic heterocycles. The molecule has 21 heavy (non-hydrogen) atoms. The third-order valence-electron chi connectivity index (χ3n) is 3.58. The fourth-order valence-electron chi connectivity index (χ4n) is 2.51. The lowest BCUT2D eigenvalue weighted by Crippen LogP contribution is -2.45. The highest BCUT2D eigenvalue weighted by Gasteiger charge is 2.30. The maximum atomic E-state index is 12.9. The van der Waals surface area contributed by atoms with Crippen molar-refractivity contribution in [3.63, 3.8) is 0 Å². The van der Waals surface area contributed by atoms with Gasteiger partial charge < -0.3 is 9.47 Å². The standard InChI is InChI=1S/C17H17NO3/c1-12-11-21-16-9-4-3-8-15(16)18(12)17(19)13-6-5-7-14(10-13)20-2/h3-10,12H,11H2,1-2H3. The van der Waals surface area contributed by atoms with Crippen LogP contribution in [0.5, 0.6) is 11.5 Å². The molecule has 4 heteroatoms. The summed E-state index contributed by atoms with van der Waals surface area (Å²) in [5, 5.41) is 0. The quantitative estimate of drug-likeness (QED) is 0.850. The second kappa shape index (κ2) is 5.48. The van der Waals surface area contributed by atoms with E-state index in [4.69, 9.17) is 9.47 Å². The summed E-state index contributed by atoms with van der Waals surface area (Å²) in [5.74, 6) is 1.37. The van der Waals surface area contributed by atoms with Crippen molar-refractivity contribution in [2.75, 3.05) is 18.6 Å². The van der Waals surface area contributed by atoms with Crippen molar-refractivity contribution in [3.05, 3.63) is 54.1 Å². The fraction of sp³-hybridized carbons (Fsp3) is 0.235. The zero-order valence-corrected chi connectivity index (χ0v) is 12.1. The molecule has 1 aliphatic rings. The number of nitrogens with zero attached hydrogens (tertiary/aromatic N) is 1. The Kier molecular flexibility index (Phi) is 3.52. The van der Waals surface area contributed by atoms with Gasteiger partial charge in [-0.05, 0) is 37.3 Å². The van der Waals surface area contributed by atoms with E-state index in [-0.39, 0.29) is 11.9 Å². The smallest absolute Gasteiger partial charge is 0.258 e. The first-order valence-corrected chi connectivity index (χ1v) is 6.90. The van der Waals surface area contributed by atoms with Crippen LogP contribution in [0.1, 0.15) is 17.3 Å². The number of benzene rings is 2.